The first-order chi connectivity index (χ1) is 17.6. The molecule has 2 aliphatic rings. The van der Waals surface area contributed by atoms with Crippen molar-refractivity contribution in [2.24, 2.45) is 0 Å². The number of piperidine rings is 1. The average molecular weight is 601 g/mol. The summed E-state index contributed by atoms with van der Waals surface area (Å²) in [6, 6.07) is 2.10. The van der Waals surface area contributed by atoms with Crippen molar-refractivity contribution in [1.29, 1.82) is 0 Å². The van der Waals surface area contributed by atoms with Crippen molar-refractivity contribution in [2.75, 3.05) is 11.9 Å². The number of alkyl halides is 6. The third-order valence-corrected chi connectivity index (χ3v) is 7.45. The highest BCUT2D eigenvalue weighted by molar-refractivity contribution is 7.92. The number of amides is 2. The fourth-order valence-electron chi connectivity index (χ4n) is 5.08. The van der Waals surface area contributed by atoms with Crippen LogP contribution in [-0.4, -0.2) is 64.8 Å². The first-order valence-corrected chi connectivity index (χ1v) is 12.1. The molecule has 1 saturated carbocycles. The minimum atomic E-state index is -4.84. The summed E-state index contributed by atoms with van der Waals surface area (Å²) in [5.74, 6) is 0. The monoisotopic (exact) mass is 600 g/mol. The van der Waals surface area contributed by atoms with Crippen molar-refractivity contribution >= 4 is 48.5 Å². The van der Waals surface area contributed by atoms with Gasteiger partial charge >= 0.3 is 18.4 Å². The first kappa shape index (κ1) is 29.3. The molecule has 0 bridgehead atoms. The molecular formula is C22H23F7N6O2S2. The molecule has 1 unspecified atom stereocenters. The van der Waals surface area contributed by atoms with Crippen LogP contribution in [0.3, 0.4) is 0 Å². The van der Waals surface area contributed by atoms with E-state index in [2.05, 4.69) is 15.4 Å². The van der Waals surface area contributed by atoms with Gasteiger partial charge in [-0.15, -0.1) is 3.89 Å². The Morgan fingerprint density at radius 1 is 1.18 bits per heavy atom. The number of fused-ring (bicyclic) bond motifs is 1. The smallest absolute Gasteiger partial charge is 0.380 e. The Hall–Kier alpha value is -2.66. The SMILES string of the molecule is Cc1cc2cnc(-c3nn(SF)cc3NC(=O)N3CCC(O)(C(F)(F)F)CC34CC4)cc2n1CC(F)(F)F.S. The van der Waals surface area contributed by atoms with E-state index < -0.39 is 48.9 Å². The molecule has 39 heavy (non-hydrogen) atoms. The molecule has 214 valence electrons. The van der Waals surface area contributed by atoms with Crippen LogP contribution in [0.2, 0.25) is 0 Å². The molecular weight excluding hydrogens is 577 g/mol. The maximum absolute atomic E-state index is 13.4. The van der Waals surface area contributed by atoms with Gasteiger partial charge in [0.05, 0.1) is 23.1 Å². The van der Waals surface area contributed by atoms with Crippen molar-refractivity contribution in [3.63, 3.8) is 0 Å². The summed E-state index contributed by atoms with van der Waals surface area (Å²) in [4.78, 5) is 18.6. The van der Waals surface area contributed by atoms with E-state index in [1.807, 2.05) is 0 Å². The third-order valence-electron chi connectivity index (χ3n) is 7.12. The van der Waals surface area contributed by atoms with E-state index in [0.29, 0.717) is 11.1 Å². The normalized spacial score (nSPS) is 20.8. The molecule has 8 nitrogen and oxygen atoms in total. The Labute approximate surface area is 228 Å². The molecule has 2 N–H and O–H groups in total. The summed E-state index contributed by atoms with van der Waals surface area (Å²) in [6.07, 6.45) is -7.68. The highest BCUT2D eigenvalue weighted by Crippen LogP contribution is 2.55. The lowest BCUT2D eigenvalue weighted by molar-refractivity contribution is -0.277. The van der Waals surface area contributed by atoms with Gasteiger partial charge in [0.2, 0.25) is 0 Å². The molecule has 1 aliphatic carbocycles. The predicted molar refractivity (Wildman–Crippen MR) is 134 cm³/mol. The lowest BCUT2D eigenvalue weighted by atomic mass is 9.84. The highest BCUT2D eigenvalue weighted by Gasteiger charge is 2.65. The van der Waals surface area contributed by atoms with E-state index in [0.717, 1.165) is 14.9 Å². The average Bonchev–Trinajstić information content (AvgIpc) is 3.32. The third kappa shape index (κ3) is 5.39. The van der Waals surface area contributed by atoms with Crippen LogP contribution in [0.5, 0.6) is 0 Å². The molecule has 4 heterocycles. The molecule has 2 fully saturated rings. The van der Waals surface area contributed by atoms with E-state index in [1.165, 1.54) is 30.2 Å². The molecule has 1 saturated heterocycles. The topological polar surface area (TPSA) is 88.2 Å². The molecule has 2 amide bonds. The minimum Gasteiger partial charge on any atom is -0.380 e. The largest absolute Gasteiger partial charge is 0.417 e. The fraction of sp³-hybridized carbons (Fsp3) is 0.500. The van der Waals surface area contributed by atoms with Crippen molar-refractivity contribution < 1.29 is 40.1 Å². The van der Waals surface area contributed by atoms with Gasteiger partial charge in [0.25, 0.3) is 0 Å². The van der Waals surface area contributed by atoms with Crippen LogP contribution in [0.4, 0.5) is 40.7 Å². The number of hydrogen-bond acceptors (Lipinski definition) is 5. The minimum absolute atomic E-state index is 0. The number of urea groups is 1. The van der Waals surface area contributed by atoms with Gasteiger partial charge in [-0.1, -0.05) is 0 Å². The number of anilines is 1. The Morgan fingerprint density at radius 3 is 2.46 bits per heavy atom. The van der Waals surface area contributed by atoms with Crippen LogP contribution >= 0.6 is 25.8 Å². The zero-order valence-corrected chi connectivity index (χ0v) is 22.0. The summed E-state index contributed by atoms with van der Waals surface area (Å²) < 4.78 is 94.8. The van der Waals surface area contributed by atoms with Gasteiger partial charge in [-0.25, -0.2) is 4.79 Å². The van der Waals surface area contributed by atoms with Gasteiger partial charge in [-0.3, -0.25) is 4.98 Å². The second-order valence-electron chi connectivity index (χ2n) is 9.74. The summed E-state index contributed by atoms with van der Waals surface area (Å²) in [5, 5.41) is 17.1. The summed E-state index contributed by atoms with van der Waals surface area (Å²) in [6.45, 7) is -0.0964. The Balaban J connectivity index is 0.00000353. The van der Waals surface area contributed by atoms with E-state index >= 15 is 0 Å². The number of likely N-dealkylation sites (tertiary alicyclic amines) is 1. The number of halogens is 7. The summed E-state index contributed by atoms with van der Waals surface area (Å²) >= 11 is -0.305. The van der Waals surface area contributed by atoms with Gasteiger partial charge in [0, 0.05) is 42.2 Å². The van der Waals surface area contributed by atoms with Crippen molar-refractivity contribution in [1.82, 2.24) is 23.6 Å². The van der Waals surface area contributed by atoms with Crippen molar-refractivity contribution in [2.45, 2.75) is 62.6 Å². The van der Waals surface area contributed by atoms with Crippen LogP contribution in [0.25, 0.3) is 22.3 Å². The maximum Gasteiger partial charge on any atom is 0.417 e. The first-order valence-electron chi connectivity index (χ1n) is 11.4. The van der Waals surface area contributed by atoms with E-state index in [1.54, 1.807) is 0 Å². The number of aliphatic hydroxyl groups is 1. The van der Waals surface area contributed by atoms with Gasteiger partial charge in [-0.05, 0) is 31.9 Å². The molecule has 1 aliphatic heterocycles. The van der Waals surface area contributed by atoms with E-state index in [9.17, 15) is 40.1 Å². The summed E-state index contributed by atoms with van der Waals surface area (Å²) in [5.41, 5.74) is -3.55. The van der Waals surface area contributed by atoms with Crippen molar-refractivity contribution in [3.8, 4) is 11.4 Å². The molecule has 1 spiro atoms. The number of aromatic nitrogens is 4. The van der Waals surface area contributed by atoms with E-state index in [4.69, 9.17) is 0 Å². The number of carbonyl (C=O) groups excluding carboxylic acids is 1. The predicted octanol–water partition coefficient (Wildman–Crippen LogP) is 5.72. The zero-order chi connectivity index (χ0) is 27.7. The van der Waals surface area contributed by atoms with Crippen LogP contribution in [-0.2, 0) is 6.54 Å². The van der Waals surface area contributed by atoms with Crippen LogP contribution in [0.1, 0.15) is 31.4 Å². The fourth-order valence-corrected chi connectivity index (χ4v) is 5.33. The second kappa shape index (κ2) is 9.76. The number of nitrogens with one attached hydrogen (secondary N) is 1. The Kier molecular flexibility index (Phi) is 7.34. The quantitative estimate of drug-likeness (QED) is 0.375. The van der Waals surface area contributed by atoms with Crippen LogP contribution in [0, 0.1) is 6.92 Å². The molecule has 0 aromatic carbocycles. The molecule has 17 heteroatoms. The lowest BCUT2D eigenvalue weighted by Crippen LogP contribution is -2.60. The van der Waals surface area contributed by atoms with Crippen molar-refractivity contribution in [3.05, 3.63) is 30.2 Å². The number of carbonyl (C=O) groups is 1. The number of rotatable bonds is 4. The van der Waals surface area contributed by atoms with Gasteiger partial charge in [0.1, 0.15) is 12.2 Å². The number of hydrogen-bond donors (Lipinski definition) is 2. The Morgan fingerprint density at radius 2 is 1.87 bits per heavy atom. The lowest BCUT2D eigenvalue weighted by Gasteiger charge is -2.45. The van der Waals surface area contributed by atoms with Gasteiger partial charge in [0.15, 0.2) is 17.9 Å². The molecule has 5 rings (SSSR count). The Bertz CT molecular complexity index is 1400. The molecule has 3 aromatic rings. The zero-order valence-electron chi connectivity index (χ0n) is 20.2. The summed E-state index contributed by atoms with van der Waals surface area (Å²) in [7, 11) is 0. The standard InChI is InChI=1S/C22H21F7N6O2S.H2S/c1-12-6-13-8-30-14(7-16(13)33(12)11-21(23,24)25)17-15(9-35(32-17)38-29)31-18(36)34-5-4-20(37,22(26,27)28)10-19(34)2-3-19;/h6-9,37H,2-5,10-11H2,1H3,(H,31,36);1H2. The molecule has 1 atom stereocenters. The molecule has 0 radical (unpaired) electrons. The van der Waals surface area contributed by atoms with Gasteiger partial charge in [-0.2, -0.15) is 49.0 Å². The van der Waals surface area contributed by atoms with Gasteiger partial charge < -0.3 is 19.9 Å². The number of aryl methyl sites for hydroxylation is 1. The number of pyridine rings is 1. The maximum atomic E-state index is 13.4. The number of nitrogens with zero attached hydrogens (tertiary/aromatic N) is 5. The second-order valence-corrected chi connectivity index (χ2v) is 10.3. The van der Waals surface area contributed by atoms with Crippen LogP contribution in [0.15, 0.2) is 24.5 Å². The molecule has 3 aromatic heterocycles. The van der Waals surface area contributed by atoms with E-state index in [-0.39, 0.29) is 67.8 Å². The van der Waals surface area contributed by atoms with Crippen LogP contribution < -0.4 is 5.32 Å². The highest BCUT2D eigenvalue weighted by atomic mass is 32.2.